The van der Waals surface area contributed by atoms with Crippen LogP contribution in [0.1, 0.15) is 143 Å². The number of benzene rings is 2. The lowest BCUT2D eigenvalue weighted by atomic mass is 9.81. The SMILES string of the molecule is CC[C@@]1(O)C(=O)OCc2c1cc1n(c2=O)Cc2c-1nc1cc(F)c(C)c3c1c2[C@@H](NC(=O)COCNC(=O)CNC(=O)OCc1ccc(NC(=O)[C@H](CCCNC(N)=O)NC(=O)[C@@H](NC(=O)[C@H](CCC(=O)O)NC(=O)CCOCCOCCOCCOCCNC(=O)COC2C#CCCCCC2)C(C)C)cc1)CC3. The number of nitrogens with zero attached hydrogens (tertiary/aromatic N) is 2. The monoisotopic (exact) mass is 1520 g/mol. The van der Waals surface area contributed by atoms with E-state index in [-0.39, 0.29) is 127 Å². The Balaban J connectivity index is 0.719. The Labute approximate surface area is 627 Å². The number of aryl methyl sites for hydroxylation is 1. The van der Waals surface area contributed by atoms with Crippen LogP contribution in [0.2, 0.25) is 0 Å². The van der Waals surface area contributed by atoms with E-state index in [2.05, 4.69) is 59.7 Å². The number of nitrogens with one attached hydrogen (secondary N) is 9. The topological polar surface area (TPSA) is 471 Å². The average molecular weight is 1530 g/mol. The second kappa shape index (κ2) is 41.9. The number of fused-ring (bicyclic) bond motifs is 5. The number of pyridine rings is 2. The predicted molar refractivity (Wildman–Crippen MR) is 386 cm³/mol. The number of amides is 10. The van der Waals surface area contributed by atoms with Gasteiger partial charge in [0, 0.05) is 60.6 Å². The molecule has 13 N–H and O–H groups in total. The Morgan fingerprint density at radius 2 is 1.47 bits per heavy atom. The minimum absolute atomic E-state index is 0.0297. The fourth-order valence-corrected chi connectivity index (χ4v) is 12.7. The number of carboxylic acids is 1. The molecule has 0 bridgehead atoms. The van der Waals surface area contributed by atoms with Crippen LogP contribution in [-0.2, 0) is 113 Å². The van der Waals surface area contributed by atoms with Gasteiger partial charge in [-0.3, -0.25) is 43.2 Å². The summed E-state index contributed by atoms with van der Waals surface area (Å²) in [5, 5.41) is 44.9. The number of primary amides is 1. The third kappa shape index (κ3) is 24.6. The average Bonchev–Trinajstić information content (AvgIpc) is 1.58. The zero-order chi connectivity index (χ0) is 78.6. The van der Waals surface area contributed by atoms with Gasteiger partial charge < -0.3 is 106 Å². The summed E-state index contributed by atoms with van der Waals surface area (Å²) in [5.41, 5.74) is 6.95. The number of alkyl carbamates (subject to hydrolysis) is 1. The number of cyclic esters (lactones) is 1. The number of nitrogens with two attached hydrogens (primary N) is 1. The highest BCUT2D eigenvalue weighted by Gasteiger charge is 2.46. The Morgan fingerprint density at radius 1 is 0.752 bits per heavy atom. The summed E-state index contributed by atoms with van der Waals surface area (Å²) in [7, 11) is 0. The van der Waals surface area contributed by atoms with Gasteiger partial charge in [0.05, 0.1) is 87.9 Å². The van der Waals surface area contributed by atoms with E-state index < -0.39 is 133 Å². The van der Waals surface area contributed by atoms with Gasteiger partial charge in [-0.25, -0.2) is 23.8 Å². The number of aliphatic carboxylic acids is 1. The number of carboxylic acid groups (broad SMARTS) is 1. The van der Waals surface area contributed by atoms with Crippen LogP contribution < -0.4 is 59.1 Å². The molecule has 8 rings (SSSR count). The first-order valence-electron chi connectivity index (χ1n) is 36.4. The molecule has 0 saturated heterocycles. The number of anilines is 1. The molecule has 35 heteroatoms. The number of esters is 1. The van der Waals surface area contributed by atoms with Crippen molar-refractivity contribution in [3.05, 3.63) is 91.5 Å². The summed E-state index contributed by atoms with van der Waals surface area (Å²) in [5.74, 6) is -1.54. The normalized spacial score (nSPS) is 16.9. The first kappa shape index (κ1) is 84.4. The molecule has 4 heterocycles. The van der Waals surface area contributed by atoms with Crippen LogP contribution in [0.3, 0.4) is 0 Å². The highest BCUT2D eigenvalue weighted by Crippen LogP contribution is 2.46. The molecule has 109 heavy (non-hydrogen) atoms. The van der Waals surface area contributed by atoms with E-state index in [1.165, 1.54) is 34.9 Å². The van der Waals surface area contributed by atoms with Crippen LogP contribution in [0, 0.1) is 30.5 Å². The van der Waals surface area contributed by atoms with Crippen LogP contribution in [0.4, 0.5) is 19.7 Å². The van der Waals surface area contributed by atoms with Crippen molar-refractivity contribution < 1.29 is 105 Å². The second-order valence-electron chi connectivity index (χ2n) is 26.7. The van der Waals surface area contributed by atoms with Crippen LogP contribution in [0.5, 0.6) is 0 Å². The van der Waals surface area contributed by atoms with E-state index in [4.69, 9.17) is 48.6 Å². The van der Waals surface area contributed by atoms with Crippen molar-refractivity contribution in [2.75, 3.05) is 97.8 Å². The quantitative estimate of drug-likeness (QED) is 0.0115. The van der Waals surface area contributed by atoms with Crippen molar-refractivity contribution in [1.82, 2.24) is 52.1 Å². The molecule has 10 amide bonds. The number of urea groups is 1. The maximum absolute atomic E-state index is 15.4. The fraction of sp³-hybridized carbons (Fsp3) is 0.554. The van der Waals surface area contributed by atoms with E-state index in [1.807, 2.05) is 0 Å². The van der Waals surface area contributed by atoms with Gasteiger partial charge in [-0.15, -0.1) is 5.92 Å². The molecule has 2 aliphatic carbocycles. The van der Waals surface area contributed by atoms with Gasteiger partial charge >= 0.3 is 24.1 Å². The number of carbonyl (C=O) groups excluding carboxylic acids is 10. The highest BCUT2D eigenvalue weighted by molar-refractivity contribution is 5.99. The number of ether oxygens (including phenoxy) is 8. The lowest BCUT2D eigenvalue weighted by Gasteiger charge is -2.31. The minimum atomic E-state index is -2.07. The summed E-state index contributed by atoms with van der Waals surface area (Å²) in [4.78, 5) is 160. The molecule has 2 aliphatic heterocycles. The van der Waals surface area contributed by atoms with Gasteiger partial charge in [0.2, 0.25) is 41.4 Å². The molecule has 6 atom stereocenters. The lowest BCUT2D eigenvalue weighted by Crippen LogP contribution is -2.58. The Hall–Kier alpha value is -10.2. The number of rotatable bonds is 43. The Kier molecular flexibility index (Phi) is 32.5. The van der Waals surface area contributed by atoms with Gasteiger partial charge in [-0.1, -0.05) is 45.2 Å². The van der Waals surface area contributed by atoms with Gasteiger partial charge in [-0.2, -0.15) is 0 Å². The van der Waals surface area contributed by atoms with E-state index >= 15 is 4.39 Å². The summed E-state index contributed by atoms with van der Waals surface area (Å²) >= 11 is 0. The molecule has 0 saturated carbocycles. The van der Waals surface area contributed by atoms with Crippen LogP contribution in [0.15, 0.2) is 41.2 Å². The summed E-state index contributed by atoms with van der Waals surface area (Å²) in [6, 6.07) is 3.49. The summed E-state index contributed by atoms with van der Waals surface area (Å²) < 4.78 is 60.5. The molecular formula is C74H97FN12O22. The highest BCUT2D eigenvalue weighted by atomic mass is 19.1. The van der Waals surface area contributed by atoms with E-state index in [0.717, 1.165) is 32.1 Å². The third-order valence-corrected chi connectivity index (χ3v) is 18.6. The number of hydrogen-bond donors (Lipinski definition) is 12. The molecular weight excluding hydrogens is 1430 g/mol. The van der Waals surface area contributed by atoms with Crippen molar-refractivity contribution in [2.24, 2.45) is 11.7 Å². The standard InChI is InChI=1S/C74H97FN12O22/c1-5-74(101)51-34-57-66-49(37-87(57)70(97)50(51)39-108-71(74)98)64-53(20-19-48-44(4)52(75)35-56(84-66)63(48)64)82-61(91)40-106-42-80-59(89)36-79-73(100)109-38-45-15-17-46(18-16-45)81-67(94)54(14-11-24-78-72(76)99)85-69(96)65(43(2)3)86-68(95)55(21-22-62(92)93)83-58(88)23-26-102-28-30-104-32-33-105-31-29-103-27-25-77-60(90)41-107-47-12-9-7-6-8-10-13-47/h15-18,34-35,43,47,53-55,65,101H,5-9,11-12,14,19-33,36-42H2,1-4H3,(H,77,90)(H,79,100)(H,80,89)(H,81,94)(H,82,91)(H,83,88)(H,85,96)(H,86,95)(H,92,93)(H3,76,78,99)/t47?,53-,54-,55-,65-,74-/m0/s1. The van der Waals surface area contributed by atoms with Crippen molar-refractivity contribution in [2.45, 2.75) is 167 Å². The molecule has 0 radical (unpaired) electrons. The molecule has 1 unspecified atom stereocenters. The number of carbonyl (C=O) groups is 11. The van der Waals surface area contributed by atoms with E-state index in [9.17, 15) is 67.7 Å². The maximum atomic E-state index is 15.4. The number of aliphatic hydroxyl groups is 1. The van der Waals surface area contributed by atoms with Crippen LogP contribution in [0.25, 0.3) is 22.3 Å². The molecule has 4 aliphatic rings. The van der Waals surface area contributed by atoms with Crippen molar-refractivity contribution in [3.63, 3.8) is 0 Å². The molecule has 0 fully saturated rings. The van der Waals surface area contributed by atoms with Gasteiger partial charge in [0.1, 0.15) is 69.7 Å². The first-order chi connectivity index (χ1) is 52.3. The minimum Gasteiger partial charge on any atom is -0.481 e. The molecule has 0 spiro atoms. The predicted octanol–water partition coefficient (Wildman–Crippen LogP) is 1.93. The van der Waals surface area contributed by atoms with Gasteiger partial charge in [-0.05, 0) is 111 Å². The summed E-state index contributed by atoms with van der Waals surface area (Å²) in [6.07, 6.45) is 3.45. The van der Waals surface area contributed by atoms with Crippen LogP contribution in [-0.4, -0.2) is 202 Å². The first-order valence-corrected chi connectivity index (χ1v) is 36.4. The maximum Gasteiger partial charge on any atom is 0.407 e. The third-order valence-electron chi connectivity index (χ3n) is 18.6. The van der Waals surface area contributed by atoms with Crippen molar-refractivity contribution in [1.29, 1.82) is 0 Å². The smallest absolute Gasteiger partial charge is 0.407 e. The Morgan fingerprint density at radius 3 is 2.17 bits per heavy atom. The Bertz CT molecular complexity index is 4070. The zero-order valence-electron chi connectivity index (χ0n) is 61.6. The van der Waals surface area contributed by atoms with E-state index in [1.54, 1.807) is 33.8 Å². The lowest BCUT2D eigenvalue weighted by molar-refractivity contribution is -0.172. The number of hydrogen-bond acceptors (Lipinski definition) is 22. The second-order valence-corrected chi connectivity index (χ2v) is 26.7. The molecule has 2 aromatic carbocycles. The molecule has 4 aromatic rings. The summed E-state index contributed by atoms with van der Waals surface area (Å²) in [6.45, 7) is 6.43. The largest absolute Gasteiger partial charge is 0.481 e. The number of halogens is 1. The molecule has 2 aromatic heterocycles. The number of aromatic nitrogens is 2. The molecule has 592 valence electrons. The van der Waals surface area contributed by atoms with Gasteiger partial charge in [0.25, 0.3) is 5.56 Å². The van der Waals surface area contributed by atoms with Crippen molar-refractivity contribution >= 4 is 82.0 Å². The van der Waals surface area contributed by atoms with Gasteiger partial charge in [0.15, 0.2) is 5.60 Å². The zero-order valence-corrected chi connectivity index (χ0v) is 61.6. The molecule has 34 nitrogen and oxygen atoms in total. The fourth-order valence-electron chi connectivity index (χ4n) is 12.7. The van der Waals surface area contributed by atoms with Crippen molar-refractivity contribution in [3.8, 4) is 23.2 Å². The van der Waals surface area contributed by atoms with Crippen LogP contribution >= 0.6 is 0 Å². The van der Waals surface area contributed by atoms with E-state index in [0.29, 0.717) is 89.3 Å².